The van der Waals surface area contributed by atoms with Crippen molar-refractivity contribution in [2.24, 2.45) is 0 Å². The third-order valence-electron chi connectivity index (χ3n) is 3.67. The van der Waals surface area contributed by atoms with Crippen LogP contribution in [-0.4, -0.2) is 235 Å². The number of rotatable bonds is 12. The first-order valence-corrected chi connectivity index (χ1v) is 9.97. The van der Waals surface area contributed by atoms with Gasteiger partial charge in [-0.3, -0.25) is 0 Å². The van der Waals surface area contributed by atoms with Gasteiger partial charge in [0, 0.05) is 0 Å². The maximum atomic E-state index is 9.98. The first-order chi connectivity index (χ1) is 17.1. The molecule has 0 saturated carbocycles. The molecule has 0 amide bonds. The first-order valence-electron chi connectivity index (χ1n) is 9.97. The van der Waals surface area contributed by atoms with E-state index in [1.54, 1.807) is 0 Å². The van der Waals surface area contributed by atoms with Gasteiger partial charge in [0.15, 0.2) is 0 Å². The molecule has 0 aliphatic rings. The Kier molecular flexibility index (Phi) is 38.1. The van der Waals surface area contributed by atoms with E-state index in [1.165, 1.54) is 0 Å². The van der Waals surface area contributed by atoms with Gasteiger partial charge in [0.2, 0.25) is 0 Å². The number of carbonyl (C=O) groups is 4. The Hall–Kier alpha value is -0.0805. The van der Waals surface area contributed by atoms with Gasteiger partial charge in [-0.25, -0.2) is 0 Å². The third kappa shape index (κ3) is 26.8. The fourth-order valence-electron chi connectivity index (χ4n) is 1.32. The Labute approximate surface area is 286 Å². The van der Waals surface area contributed by atoms with Crippen LogP contribution in [0.4, 0.5) is 0 Å². The Morgan fingerprint density at radius 2 is 0.650 bits per heavy atom. The second-order valence-corrected chi connectivity index (χ2v) is 6.98. The van der Waals surface area contributed by atoms with Crippen molar-refractivity contribution in [1.82, 2.24) is 0 Å². The normalized spacial score (nSPS) is 17.4. The molecule has 0 spiro atoms. The van der Waals surface area contributed by atoms with E-state index in [4.69, 9.17) is 61.3 Å². The van der Waals surface area contributed by atoms with Crippen LogP contribution in [0.2, 0.25) is 0 Å². The van der Waals surface area contributed by atoms with Crippen LogP contribution in [0.1, 0.15) is 13.8 Å². The van der Waals surface area contributed by atoms with Crippen LogP contribution in [0.3, 0.4) is 0 Å². The number of aliphatic carboxylic acids is 4. The molecular formula is C18H32Ca2O20. The van der Waals surface area contributed by atoms with Crippen molar-refractivity contribution in [3.8, 4) is 0 Å². The number of hydrogen-bond acceptors (Lipinski definition) is 20. The van der Waals surface area contributed by atoms with Gasteiger partial charge < -0.3 is 101 Å². The summed E-state index contributed by atoms with van der Waals surface area (Å²) in [6, 6.07) is 0. The number of hydrogen-bond donors (Lipinski definition) is 12. The van der Waals surface area contributed by atoms with Gasteiger partial charge >= 0.3 is 75.5 Å². The van der Waals surface area contributed by atoms with Crippen molar-refractivity contribution in [3.05, 3.63) is 0 Å². The predicted molar refractivity (Wildman–Crippen MR) is 117 cm³/mol. The molecule has 0 radical (unpaired) electrons. The van der Waals surface area contributed by atoms with Crippen LogP contribution in [0, 0.1) is 0 Å². The summed E-state index contributed by atoms with van der Waals surface area (Å²) in [5, 5.41) is 141. The fraction of sp³-hybridized carbons (Fsp3) is 0.778. The second kappa shape index (κ2) is 29.0. The molecule has 0 saturated heterocycles. The molecule has 0 aliphatic heterocycles. The van der Waals surface area contributed by atoms with Crippen molar-refractivity contribution in [3.63, 3.8) is 0 Å². The summed E-state index contributed by atoms with van der Waals surface area (Å²) >= 11 is 0. The SMILES string of the molecule is CC(O)C(=O)[O-].CC(O)C(=O)[O-].O=C([O-])[C@H](O)[C@@H](O)[C@H](O)[C@H](O)CO.O=C([O-])[C@H](O)[C@@H](O)[C@H](O)[C@H](O)CO.[Ca+2].[Ca+2]. The van der Waals surface area contributed by atoms with Gasteiger partial charge in [0.25, 0.3) is 0 Å². The molecule has 0 aromatic carbocycles. The Balaban J connectivity index is -0.000000101. The number of aliphatic hydroxyl groups is 12. The van der Waals surface area contributed by atoms with Gasteiger partial charge in [-0.05, 0) is 13.8 Å². The molecule has 0 aliphatic carbocycles. The van der Waals surface area contributed by atoms with Gasteiger partial charge in [0.1, 0.15) is 48.8 Å². The van der Waals surface area contributed by atoms with Crippen LogP contribution >= 0.6 is 0 Å². The molecule has 0 bridgehead atoms. The molecule has 0 rings (SSSR count). The van der Waals surface area contributed by atoms with Crippen molar-refractivity contribution < 1.29 is 101 Å². The second-order valence-electron chi connectivity index (χ2n) is 6.98. The molecule has 2 unspecified atom stereocenters. The maximum absolute atomic E-state index is 9.98. The molecule has 228 valence electrons. The standard InChI is InChI=1S/2C6H12O7.2C3H6O3.2Ca/c2*7-1-2(8)3(9)4(10)5(11)6(12)13;2*1-2(4)3(5)6;;/h2*2-5,7-11H,1H2,(H,12,13);2*2,4H,1H3,(H,5,6);;/q;;;;2*+2/p-4/t2*2-,3-,4+,5-;;;;/m11..../s1. The molecule has 0 heterocycles. The third-order valence-corrected chi connectivity index (χ3v) is 3.67. The van der Waals surface area contributed by atoms with Gasteiger partial charge in [-0.1, -0.05) is 0 Å². The zero-order valence-electron chi connectivity index (χ0n) is 21.2. The molecule has 40 heavy (non-hydrogen) atoms. The summed E-state index contributed by atoms with van der Waals surface area (Å²) in [6.07, 6.45) is -18.8. The molecule has 0 aromatic rings. The van der Waals surface area contributed by atoms with Crippen LogP contribution in [0.5, 0.6) is 0 Å². The van der Waals surface area contributed by atoms with Crippen LogP contribution in [0.15, 0.2) is 0 Å². The van der Waals surface area contributed by atoms with Gasteiger partial charge in [-0.15, -0.1) is 0 Å². The van der Waals surface area contributed by atoms with Crippen LogP contribution in [0.25, 0.3) is 0 Å². The van der Waals surface area contributed by atoms with Crippen LogP contribution < -0.4 is 20.4 Å². The monoisotopic (exact) mass is 648 g/mol. The average molecular weight is 649 g/mol. The van der Waals surface area contributed by atoms with Crippen molar-refractivity contribution in [2.75, 3.05) is 13.2 Å². The van der Waals surface area contributed by atoms with Crippen LogP contribution in [-0.2, 0) is 19.2 Å². The smallest absolute Gasteiger partial charge is 0.547 e. The van der Waals surface area contributed by atoms with E-state index in [1.807, 2.05) is 0 Å². The summed E-state index contributed by atoms with van der Waals surface area (Å²) in [7, 11) is 0. The quantitative estimate of drug-likeness (QED) is 0.0873. The van der Waals surface area contributed by atoms with E-state index < -0.39 is 98.1 Å². The number of carboxylic acids is 4. The van der Waals surface area contributed by atoms with E-state index >= 15 is 0 Å². The van der Waals surface area contributed by atoms with E-state index in [0.29, 0.717) is 0 Å². The van der Waals surface area contributed by atoms with E-state index in [2.05, 4.69) is 0 Å². The minimum absolute atomic E-state index is 0. The summed E-state index contributed by atoms with van der Waals surface area (Å²) in [4.78, 5) is 38.6. The van der Waals surface area contributed by atoms with E-state index in [-0.39, 0.29) is 75.5 Å². The zero-order chi connectivity index (χ0) is 31.5. The summed E-state index contributed by atoms with van der Waals surface area (Å²) < 4.78 is 0. The number of carboxylic acid groups (broad SMARTS) is 4. The van der Waals surface area contributed by atoms with Gasteiger partial charge in [0.05, 0.1) is 49.3 Å². The molecular weight excluding hydrogens is 616 g/mol. The van der Waals surface area contributed by atoms with Crippen molar-refractivity contribution >= 4 is 99.4 Å². The molecule has 0 fully saturated rings. The van der Waals surface area contributed by atoms with Gasteiger partial charge in [-0.2, -0.15) is 0 Å². The summed E-state index contributed by atoms with van der Waals surface area (Å²) in [6.45, 7) is 0.542. The van der Waals surface area contributed by atoms with Crippen molar-refractivity contribution in [1.29, 1.82) is 0 Å². The predicted octanol–water partition coefficient (Wildman–Crippen LogP) is -14.2. The number of aliphatic hydroxyl groups excluding tert-OH is 12. The average Bonchev–Trinajstić information content (AvgIpc) is 2.85. The maximum Gasteiger partial charge on any atom is 2.00 e. The molecule has 22 heteroatoms. The minimum Gasteiger partial charge on any atom is -0.547 e. The Bertz CT molecular complexity index is 624. The zero-order valence-corrected chi connectivity index (χ0v) is 25.7. The Morgan fingerprint density at radius 3 is 0.750 bits per heavy atom. The topological polar surface area (TPSA) is 403 Å². The molecule has 20 nitrogen and oxygen atoms in total. The molecule has 12 N–H and O–H groups in total. The van der Waals surface area contributed by atoms with E-state index in [9.17, 15) is 39.6 Å². The Morgan fingerprint density at radius 1 is 0.475 bits per heavy atom. The summed E-state index contributed by atoms with van der Waals surface area (Å²) in [5.74, 6) is -6.82. The molecule has 0 aromatic heterocycles. The van der Waals surface area contributed by atoms with Crippen molar-refractivity contribution in [2.45, 2.75) is 74.9 Å². The summed E-state index contributed by atoms with van der Waals surface area (Å²) in [5.41, 5.74) is 0. The number of carbonyl (C=O) groups excluding carboxylic acids is 4. The largest absolute Gasteiger partial charge is 2.00 e. The molecule has 10 atom stereocenters. The van der Waals surface area contributed by atoms with E-state index in [0.717, 1.165) is 13.8 Å². The minimum atomic E-state index is -2.31. The first kappa shape index (κ1) is 52.6. The fourth-order valence-corrected chi connectivity index (χ4v) is 1.32.